The highest BCUT2D eigenvalue weighted by Crippen LogP contribution is 2.40. The summed E-state index contributed by atoms with van der Waals surface area (Å²) in [7, 11) is 1.46. The van der Waals surface area contributed by atoms with Gasteiger partial charge in [-0.2, -0.15) is 13.2 Å². The number of anilines is 1. The first kappa shape index (κ1) is 32.9. The van der Waals surface area contributed by atoms with Gasteiger partial charge in [0.2, 0.25) is 5.54 Å². The Bertz CT molecular complexity index is 1850. The Kier molecular flexibility index (Phi) is 9.19. The number of benzene rings is 4. The molecule has 11 heteroatoms. The van der Waals surface area contributed by atoms with E-state index in [9.17, 15) is 32.3 Å². The van der Waals surface area contributed by atoms with E-state index >= 15 is 0 Å². The SMILES string of the molecule is CCOC(=O)C1(COC(=O)Cc2ccc(NC(=O)c3ccccc3-c3ccc(C(F)(F)F)cc3)c(C)c2)c2ccccc2C(=O)N1C. The molecule has 0 radical (unpaired) electrons. The maximum Gasteiger partial charge on any atom is 0.416 e. The number of amides is 2. The standard InChI is InChI=1S/C36H31F3N2O6/c1-4-46-34(45)35(29-12-8-7-11-28(29)33(44)41(35)3)21-47-31(42)20-23-13-18-30(22(2)19-23)40-32(43)27-10-6-5-9-26(27)24-14-16-25(17-15-24)36(37,38)39/h5-19H,4,20-21H2,1-3H3,(H,40,43). The summed E-state index contributed by atoms with van der Waals surface area (Å²) >= 11 is 0. The highest BCUT2D eigenvalue weighted by Gasteiger charge is 2.55. The smallest absolute Gasteiger partial charge is 0.416 e. The van der Waals surface area contributed by atoms with E-state index in [1.165, 1.54) is 24.1 Å². The molecule has 0 spiro atoms. The molecule has 1 aliphatic rings. The van der Waals surface area contributed by atoms with Gasteiger partial charge in [-0.15, -0.1) is 0 Å². The maximum atomic E-state index is 13.3. The number of hydrogen-bond acceptors (Lipinski definition) is 6. The quantitative estimate of drug-likeness (QED) is 0.207. The zero-order chi connectivity index (χ0) is 33.9. The van der Waals surface area contributed by atoms with Crippen LogP contribution in [0.15, 0.2) is 91.0 Å². The number of carbonyl (C=O) groups excluding carboxylic acids is 4. The van der Waals surface area contributed by atoms with Crippen LogP contribution >= 0.6 is 0 Å². The van der Waals surface area contributed by atoms with E-state index in [-0.39, 0.29) is 24.5 Å². The second-order valence-electron chi connectivity index (χ2n) is 11.1. The third-order valence-corrected chi connectivity index (χ3v) is 8.12. The van der Waals surface area contributed by atoms with Crippen LogP contribution in [-0.2, 0) is 37.2 Å². The summed E-state index contributed by atoms with van der Waals surface area (Å²) in [5.41, 5.74) is 1.21. The summed E-state index contributed by atoms with van der Waals surface area (Å²) in [5.74, 6) is -2.19. The van der Waals surface area contributed by atoms with E-state index in [0.717, 1.165) is 12.1 Å². The van der Waals surface area contributed by atoms with Crippen LogP contribution in [0.2, 0.25) is 0 Å². The number of alkyl halides is 3. The van der Waals surface area contributed by atoms with E-state index < -0.39 is 41.7 Å². The summed E-state index contributed by atoms with van der Waals surface area (Å²) < 4.78 is 50.0. The Morgan fingerprint density at radius 1 is 0.872 bits per heavy atom. The lowest BCUT2D eigenvalue weighted by Crippen LogP contribution is -2.52. The number of rotatable bonds is 9. The van der Waals surface area contributed by atoms with Crippen LogP contribution in [-0.4, -0.2) is 48.9 Å². The van der Waals surface area contributed by atoms with Crippen molar-refractivity contribution >= 4 is 29.4 Å². The zero-order valence-corrected chi connectivity index (χ0v) is 25.8. The molecule has 4 aromatic carbocycles. The zero-order valence-electron chi connectivity index (χ0n) is 25.8. The molecule has 5 rings (SSSR count). The molecule has 0 fully saturated rings. The summed E-state index contributed by atoms with van der Waals surface area (Å²) in [6, 6.07) is 22.8. The van der Waals surface area contributed by atoms with Crippen LogP contribution < -0.4 is 5.32 Å². The van der Waals surface area contributed by atoms with Gasteiger partial charge in [0.15, 0.2) is 0 Å². The van der Waals surface area contributed by atoms with Crippen molar-refractivity contribution < 1.29 is 41.8 Å². The number of fused-ring (bicyclic) bond motifs is 1. The van der Waals surface area contributed by atoms with E-state index in [0.29, 0.717) is 39.1 Å². The maximum absolute atomic E-state index is 13.3. The average molecular weight is 645 g/mol. The van der Waals surface area contributed by atoms with Crippen LogP contribution in [0, 0.1) is 6.92 Å². The molecule has 1 atom stereocenters. The Morgan fingerprint density at radius 3 is 2.19 bits per heavy atom. The van der Waals surface area contributed by atoms with Crippen molar-refractivity contribution in [2.24, 2.45) is 0 Å². The monoisotopic (exact) mass is 644 g/mol. The summed E-state index contributed by atoms with van der Waals surface area (Å²) in [6.07, 6.45) is -4.62. The van der Waals surface area contributed by atoms with E-state index in [1.54, 1.807) is 80.6 Å². The fourth-order valence-electron chi connectivity index (χ4n) is 5.64. The second kappa shape index (κ2) is 13.1. The topological polar surface area (TPSA) is 102 Å². The predicted octanol–water partition coefficient (Wildman–Crippen LogP) is 6.56. The van der Waals surface area contributed by atoms with Crippen LogP contribution in [0.3, 0.4) is 0 Å². The Balaban J connectivity index is 1.28. The molecule has 0 aromatic heterocycles. The largest absolute Gasteiger partial charge is 0.464 e. The van der Waals surface area contributed by atoms with Crippen molar-refractivity contribution in [1.82, 2.24) is 4.90 Å². The number of aryl methyl sites for hydroxylation is 1. The van der Waals surface area contributed by atoms with Crippen LogP contribution in [0.4, 0.5) is 18.9 Å². The predicted molar refractivity (Wildman–Crippen MR) is 168 cm³/mol. The van der Waals surface area contributed by atoms with Gasteiger partial charge in [0, 0.05) is 29.4 Å². The normalized spacial score (nSPS) is 15.6. The molecule has 0 bridgehead atoms. The Morgan fingerprint density at radius 2 is 1.53 bits per heavy atom. The third-order valence-electron chi connectivity index (χ3n) is 8.12. The molecule has 1 heterocycles. The van der Waals surface area contributed by atoms with Gasteiger partial charge in [-0.05, 0) is 66.4 Å². The number of nitrogens with one attached hydrogen (secondary N) is 1. The Labute approximate surface area is 269 Å². The van der Waals surface area contributed by atoms with Gasteiger partial charge in [0.05, 0.1) is 18.6 Å². The number of hydrogen-bond donors (Lipinski definition) is 1. The average Bonchev–Trinajstić information content (AvgIpc) is 3.27. The van der Waals surface area contributed by atoms with Crippen molar-refractivity contribution in [3.63, 3.8) is 0 Å². The second-order valence-corrected chi connectivity index (χ2v) is 11.1. The molecular formula is C36H31F3N2O6. The minimum atomic E-state index is -4.47. The van der Waals surface area contributed by atoms with Crippen molar-refractivity contribution in [2.75, 3.05) is 25.6 Å². The lowest BCUT2D eigenvalue weighted by molar-refractivity contribution is -0.164. The van der Waals surface area contributed by atoms with Gasteiger partial charge >= 0.3 is 18.1 Å². The molecule has 0 aliphatic carbocycles. The molecule has 1 unspecified atom stereocenters. The molecule has 47 heavy (non-hydrogen) atoms. The summed E-state index contributed by atoms with van der Waals surface area (Å²) in [6.45, 7) is 3.03. The van der Waals surface area contributed by atoms with Gasteiger partial charge in [-0.3, -0.25) is 14.4 Å². The molecule has 2 amide bonds. The highest BCUT2D eigenvalue weighted by molar-refractivity contribution is 6.09. The van der Waals surface area contributed by atoms with E-state index in [1.807, 2.05) is 0 Å². The van der Waals surface area contributed by atoms with Gasteiger partial charge in [-0.1, -0.05) is 60.7 Å². The molecule has 0 saturated carbocycles. The van der Waals surface area contributed by atoms with Crippen molar-refractivity contribution in [1.29, 1.82) is 0 Å². The van der Waals surface area contributed by atoms with E-state index in [2.05, 4.69) is 5.32 Å². The van der Waals surface area contributed by atoms with Crippen LogP contribution in [0.25, 0.3) is 11.1 Å². The number of likely N-dealkylation sites (N-methyl/N-ethyl adjacent to an activating group) is 1. The van der Waals surface area contributed by atoms with Crippen molar-refractivity contribution in [3.8, 4) is 11.1 Å². The van der Waals surface area contributed by atoms with Gasteiger partial charge in [0.1, 0.15) is 6.61 Å². The van der Waals surface area contributed by atoms with Crippen molar-refractivity contribution in [3.05, 3.63) is 124 Å². The first-order valence-corrected chi connectivity index (χ1v) is 14.7. The minimum Gasteiger partial charge on any atom is -0.464 e. The van der Waals surface area contributed by atoms with E-state index in [4.69, 9.17) is 9.47 Å². The van der Waals surface area contributed by atoms with Crippen LogP contribution in [0.5, 0.6) is 0 Å². The summed E-state index contributed by atoms with van der Waals surface area (Å²) in [4.78, 5) is 53.7. The fourth-order valence-corrected chi connectivity index (χ4v) is 5.64. The molecule has 242 valence electrons. The summed E-state index contributed by atoms with van der Waals surface area (Å²) in [5, 5.41) is 2.84. The van der Waals surface area contributed by atoms with Crippen LogP contribution in [0.1, 0.15) is 49.9 Å². The number of ether oxygens (including phenoxy) is 2. The molecule has 0 saturated heterocycles. The number of halogens is 3. The Hall–Kier alpha value is -5.45. The number of nitrogens with zero attached hydrogens (tertiary/aromatic N) is 1. The molecule has 1 N–H and O–H groups in total. The lowest BCUT2D eigenvalue weighted by atomic mass is 9.90. The van der Waals surface area contributed by atoms with Gasteiger partial charge < -0.3 is 19.7 Å². The van der Waals surface area contributed by atoms with Gasteiger partial charge in [0.25, 0.3) is 11.8 Å². The fraction of sp³-hybridized carbons (Fsp3) is 0.222. The minimum absolute atomic E-state index is 0.0710. The van der Waals surface area contributed by atoms with Gasteiger partial charge in [-0.25, -0.2) is 4.79 Å². The molecular weight excluding hydrogens is 613 g/mol. The molecule has 4 aromatic rings. The third kappa shape index (κ3) is 6.46. The first-order chi connectivity index (χ1) is 22.4. The first-order valence-electron chi connectivity index (χ1n) is 14.7. The van der Waals surface area contributed by atoms with Crippen molar-refractivity contribution in [2.45, 2.75) is 32.0 Å². The molecule has 8 nitrogen and oxygen atoms in total. The lowest BCUT2D eigenvalue weighted by Gasteiger charge is -2.33. The highest BCUT2D eigenvalue weighted by atomic mass is 19.4. The number of carbonyl (C=O) groups is 4. The number of esters is 2. The molecule has 1 aliphatic heterocycles.